The highest BCUT2D eigenvalue weighted by atomic mass is 16.5. The Morgan fingerprint density at radius 1 is 1.37 bits per heavy atom. The molecule has 1 rings (SSSR count). The van der Waals surface area contributed by atoms with Gasteiger partial charge in [-0.25, -0.2) is 9.59 Å². The molecule has 0 heterocycles. The number of carboxylic acid groups (broad SMARTS) is 1. The first-order valence-electron chi connectivity index (χ1n) is 6.83. The van der Waals surface area contributed by atoms with Gasteiger partial charge in [-0.2, -0.15) is 0 Å². The number of hydrogen-bond donors (Lipinski definition) is 3. The molecule has 0 radical (unpaired) electrons. The van der Waals surface area contributed by atoms with Gasteiger partial charge in [-0.3, -0.25) is 0 Å². The third kappa shape index (κ3) is 5.46. The number of rotatable bonds is 8. The Labute approximate surface area is 113 Å². The average Bonchev–Trinajstić information content (AvgIpc) is 2.24. The number of carbonyl (C=O) groups is 2. The third-order valence-electron chi connectivity index (χ3n) is 3.66. The van der Waals surface area contributed by atoms with Crippen LogP contribution in [-0.2, 0) is 9.53 Å². The van der Waals surface area contributed by atoms with Crippen molar-refractivity contribution in [2.24, 2.45) is 5.92 Å². The molecule has 1 saturated carbocycles. The summed E-state index contributed by atoms with van der Waals surface area (Å²) < 4.78 is 4.87. The van der Waals surface area contributed by atoms with Crippen LogP contribution in [0, 0.1) is 5.92 Å². The summed E-state index contributed by atoms with van der Waals surface area (Å²) in [4.78, 5) is 22.8. The van der Waals surface area contributed by atoms with Gasteiger partial charge in [0.25, 0.3) is 0 Å². The zero-order valence-electron chi connectivity index (χ0n) is 11.6. The molecule has 0 aromatic rings. The summed E-state index contributed by atoms with van der Waals surface area (Å²) in [6.07, 6.45) is 4.46. The van der Waals surface area contributed by atoms with E-state index in [0.29, 0.717) is 25.4 Å². The molecule has 1 aliphatic carbocycles. The molecule has 0 bridgehead atoms. The Morgan fingerprint density at radius 3 is 2.53 bits per heavy atom. The van der Waals surface area contributed by atoms with Crippen LogP contribution in [0.3, 0.4) is 0 Å². The fraction of sp³-hybridized carbons (Fsp3) is 0.846. The van der Waals surface area contributed by atoms with Gasteiger partial charge in [0.1, 0.15) is 6.04 Å². The lowest BCUT2D eigenvalue weighted by Crippen LogP contribution is -2.50. The molecule has 2 atom stereocenters. The van der Waals surface area contributed by atoms with Gasteiger partial charge < -0.3 is 20.5 Å². The summed E-state index contributed by atoms with van der Waals surface area (Å²) in [6, 6.07) is -1.16. The molecule has 2 unspecified atom stereocenters. The number of amides is 2. The number of aliphatic carboxylic acids is 1. The number of urea groups is 1. The van der Waals surface area contributed by atoms with Crippen LogP contribution in [-0.4, -0.2) is 42.9 Å². The van der Waals surface area contributed by atoms with Crippen molar-refractivity contribution in [3.8, 4) is 0 Å². The first-order chi connectivity index (χ1) is 9.04. The van der Waals surface area contributed by atoms with Gasteiger partial charge in [-0.1, -0.05) is 6.42 Å². The smallest absolute Gasteiger partial charge is 0.326 e. The van der Waals surface area contributed by atoms with Crippen LogP contribution in [0.1, 0.15) is 39.0 Å². The molecular formula is C13H24N2O4. The Hall–Kier alpha value is -1.30. The minimum absolute atomic E-state index is 0.0992. The van der Waals surface area contributed by atoms with E-state index in [1.165, 1.54) is 6.42 Å². The number of carboxylic acids is 1. The van der Waals surface area contributed by atoms with E-state index in [0.717, 1.165) is 12.8 Å². The van der Waals surface area contributed by atoms with Crippen molar-refractivity contribution < 1.29 is 19.4 Å². The molecule has 0 aromatic heterocycles. The summed E-state index contributed by atoms with van der Waals surface area (Å²) in [7, 11) is 1.57. The van der Waals surface area contributed by atoms with Crippen LogP contribution in [0.2, 0.25) is 0 Å². The van der Waals surface area contributed by atoms with Crippen molar-refractivity contribution in [3.05, 3.63) is 0 Å². The number of ether oxygens (including phenoxy) is 1. The molecule has 110 valence electrons. The van der Waals surface area contributed by atoms with Crippen molar-refractivity contribution in [1.82, 2.24) is 10.6 Å². The van der Waals surface area contributed by atoms with Gasteiger partial charge in [0.2, 0.25) is 0 Å². The topological polar surface area (TPSA) is 87.7 Å². The summed E-state index contributed by atoms with van der Waals surface area (Å²) in [5, 5.41) is 14.4. The van der Waals surface area contributed by atoms with Crippen LogP contribution in [0.15, 0.2) is 0 Å². The number of methoxy groups -OCH3 is 1. The second kappa shape index (κ2) is 7.99. The van der Waals surface area contributed by atoms with Crippen LogP contribution in [0.25, 0.3) is 0 Å². The molecule has 2 amide bonds. The standard InChI is InChI=1S/C13H24N2O4/c1-9(10-5-3-6-10)14-13(18)15-11(12(16)17)7-4-8-19-2/h9-11H,3-8H2,1-2H3,(H,16,17)(H2,14,15,18). The van der Waals surface area contributed by atoms with E-state index in [1.54, 1.807) is 7.11 Å². The fourth-order valence-corrected chi connectivity index (χ4v) is 2.15. The highest BCUT2D eigenvalue weighted by molar-refractivity contribution is 5.82. The van der Waals surface area contributed by atoms with Crippen molar-refractivity contribution in [2.75, 3.05) is 13.7 Å². The molecule has 6 heteroatoms. The number of nitrogens with one attached hydrogen (secondary N) is 2. The summed E-state index contributed by atoms with van der Waals surface area (Å²) in [6.45, 7) is 2.45. The highest BCUT2D eigenvalue weighted by Crippen LogP contribution is 2.29. The van der Waals surface area contributed by atoms with E-state index in [4.69, 9.17) is 9.84 Å². The monoisotopic (exact) mass is 272 g/mol. The molecule has 0 saturated heterocycles. The van der Waals surface area contributed by atoms with Gasteiger partial charge >= 0.3 is 12.0 Å². The van der Waals surface area contributed by atoms with Crippen LogP contribution >= 0.6 is 0 Å². The lowest BCUT2D eigenvalue weighted by molar-refractivity contribution is -0.139. The maximum absolute atomic E-state index is 11.7. The molecule has 0 spiro atoms. The van der Waals surface area contributed by atoms with Crippen LogP contribution in [0.5, 0.6) is 0 Å². The maximum atomic E-state index is 11.7. The lowest BCUT2D eigenvalue weighted by atomic mass is 9.80. The van der Waals surface area contributed by atoms with Crippen molar-refractivity contribution in [1.29, 1.82) is 0 Å². The quantitative estimate of drug-likeness (QED) is 0.582. The summed E-state index contributed by atoms with van der Waals surface area (Å²) >= 11 is 0. The van der Waals surface area contributed by atoms with Crippen molar-refractivity contribution in [3.63, 3.8) is 0 Å². The van der Waals surface area contributed by atoms with Gasteiger partial charge in [-0.15, -0.1) is 0 Å². The van der Waals surface area contributed by atoms with Gasteiger partial charge in [-0.05, 0) is 38.5 Å². The first-order valence-corrected chi connectivity index (χ1v) is 6.83. The second-order valence-corrected chi connectivity index (χ2v) is 5.12. The molecule has 19 heavy (non-hydrogen) atoms. The fourth-order valence-electron chi connectivity index (χ4n) is 2.15. The highest BCUT2D eigenvalue weighted by Gasteiger charge is 2.26. The summed E-state index contributed by atoms with van der Waals surface area (Å²) in [5.74, 6) is -0.481. The molecular weight excluding hydrogens is 248 g/mol. The average molecular weight is 272 g/mol. The Bertz CT molecular complexity index is 305. The predicted molar refractivity (Wildman–Crippen MR) is 71.0 cm³/mol. The van der Waals surface area contributed by atoms with Crippen LogP contribution < -0.4 is 10.6 Å². The van der Waals surface area contributed by atoms with E-state index >= 15 is 0 Å². The molecule has 0 aliphatic heterocycles. The Kier molecular flexibility index (Phi) is 6.62. The largest absolute Gasteiger partial charge is 0.480 e. The minimum atomic E-state index is -1.01. The predicted octanol–water partition coefficient (Wildman–Crippen LogP) is 1.35. The van der Waals surface area contributed by atoms with Gasteiger partial charge in [0, 0.05) is 19.8 Å². The zero-order valence-corrected chi connectivity index (χ0v) is 11.6. The minimum Gasteiger partial charge on any atom is -0.480 e. The van der Waals surface area contributed by atoms with Gasteiger partial charge in [0.05, 0.1) is 0 Å². The third-order valence-corrected chi connectivity index (χ3v) is 3.66. The van der Waals surface area contributed by atoms with Crippen LogP contribution in [0.4, 0.5) is 4.79 Å². The zero-order chi connectivity index (χ0) is 14.3. The van der Waals surface area contributed by atoms with Gasteiger partial charge in [0.15, 0.2) is 0 Å². The molecule has 3 N–H and O–H groups in total. The van der Waals surface area contributed by atoms with Crippen molar-refractivity contribution in [2.45, 2.75) is 51.1 Å². The Morgan fingerprint density at radius 2 is 2.05 bits per heavy atom. The summed E-state index contributed by atoms with van der Waals surface area (Å²) in [5.41, 5.74) is 0. The lowest BCUT2D eigenvalue weighted by Gasteiger charge is -2.32. The SMILES string of the molecule is COCCCC(NC(=O)NC(C)C1CCC1)C(=O)O. The maximum Gasteiger partial charge on any atom is 0.326 e. The second-order valence-electron chi connectivity index (χ2n) is 5.12. The van der Waals surface area contributed by atoms with E-state index in [-0.39, 0.29) is 6.04 Å². The van der Waals surface area contributed by atoms with E-state index in [2.05, 4.69) is 10.6 Å². The van der Waals surface area contributed by atoms with Crippen molar-refractivity contribution >= 4 is 12.0 Å². The normalized spacial score (nSPS) is 18.2. The first kappa shape index (κ1) is 15.8. The van der Waals surface area contributed by atoms with E-state index < -0.39 is 18.0 Å². The molecule has 1 fully saturated rings. The van der Waals surface area contributed by atoms with E-state index in [9.17, 15) is 9.59 Å². The number of hydrogen-bond acceptors (Lipinski definition) is 3. The molecule has 6 nitrogen and oxygen atoms in total. The molecule has 0 aromatic carbocycles. The molecule has 1 aliphatic rings. The number of carbonyl (C=O) groups excluding carboxylic acids is 1. The Balaban J connectivity index is 2.31. The van der Waals surface area contributed by atoms with E-state index in [1.807, 2.05) is 6.92 Å².